The molecule has 2 aliphatic rings. The van der Waals surface area contributed by atoms with Crippen LogP contribution < -0.4 is 0 Å². The number of piperidine rings is 1. The maximum absolute atomic E-state index is 13.0. The summed E-state index contributed by atoms with van der Waals surface area (Å²) in [5, 5.41) is 0. The Labute approximate surface area is 152 Å². The molecule has 0 spiro atoms. The molecule has 1 amide bonds. The average molecular weight is 415 g/mol. The van der Waals surface area contributed by atoms with Crippen molar-refractivity contribution in [1.29, 1.82) is 0 Å². The Morgan fingerprint density at radius 3 is 2.42 bits per heavy atom. The van der Waals surface area contributed by atoms with E-state index in [1.807, 2.05) is 29.2 Å². The lowest BCUT2D eigenvalue weighted by molar-refractivity contribution is -0.135. The van der Waals surface area contributed by atoms with Gasteiger partial charge in [0.2, 0.25) is 15.9 Å². The summed E-state index contributed by atoms with van der Waals surface area (Å²) in [6, 6.07) is 8.00. The average Bonchev–Trinajstić information content (AvgIpc) is 3.34. The van der Waals surface area contributed by atoms with Gasteiger partial charge in [-0.25, -0.2) is 12.7 Å². The fourth-order valence-corrected chi connectivity index (χ4v) is 4.69. The SMILES string of the molecule is CN(C1CCN(C(=O)C2(c3cccc(Br)c3)CC2)CC1)S(C)(=O)=O. The van der Waals surface area contributed by atoms with Gasteiger partial charge < -0.3 is 4.90 Å². The first-order chi connectivity index (χ1) is 11.2. The molecule has 3 rings (SSSR count). The molecule has 0 N–H and O–H groups in total. The van der Waals surface area contributed by atoms with Crippen molar-refractivity contribution in [2.45, 2.75) is 37.1 Å². The van der Waals surface area contributed by atoms with Crippen LogP contribution in [0.1, 0.15) is 31.2 Å². The van der Waals surface area contributed by atoms with Crippen LogP contribution in [-0.4, -0.2) is 56.0 Å². The smallest absolute Gasteiger partial charge is 0.233 e. The van der Waals surface area contributed by atoms with Gasteiger partial charge in [-0.05, 0) is 43.4 Å². The molecular formula is C17H23BrN2O3S. The molecule has 24 heavy (non-hydrogen) atoms. The molecule has 2 fully saturated rings. The van der Waals surface area contributed by atoms with Gasteiger partial charge in [0.1, 0.15) is 0 Å². The third-order valence-corrected chi connectivity index (χ3v) is 7.16. The molecule has 1 heterocycles. The zero-order valence-electron chi connectivity index (χ0n) is 14.0. The largest absolute Gasteiger partial charge is 0.342 e. The Morgan fingerprint density at radius 2 is 1.92 bits per heavy atom. The van der Waals surface area contributed by atoms with Crippen LogP contribution in [0.3, 0.4) is 0 Å². The second-order valence-electron chi connectivity index (χ2n) is 6.90. The van der Waals surface area contributed by atoms with Crippen molar-refractivity contribution >= 4 is 31.9 Å². The van der Waals surface area contributed by atoms with Crippen LogP contribution in [0.15, 0.2) is 28.7 Å². The minimum Gasteiger partial charge on any atom is -0.342 e. The zero-order valence-corrected chi connectivity index (χ0v) is 16.4. The summed E-state index contributed by atoms with van der Waals surface area (Å²) >= 11 is 3.48. The molecule has 0 bridgehead atoms. The van der Waals surface area contributed by atoms with E-state index in [-0.39, 0.29) is 17.4 Å². The van der Waals surface area contributed by atoms with E-state index in [4.69, 9.17) is 0 Å². The summed E-state index contributed by atoms with van der Waals surface area (Å²) in [5.74, 6) is 0.195. The number of benzene rings is 1. The Hall–Kier alpha value is -0.920. The highest BCUT2D eigenvalue weighted by Crippen LogP contribution is 2.50. The van der Waals surface area contributed by atoms with E-state index in [1.54, 1.807) is 7.05 Å². The van der Waals surface area contributed by atoms with Crippen molar-refractivity contribution in [3.63, 3.8) is 0 Å². The highest BCUT2D eigenvalue weighted by molar-refractivity contribution is 9.10. The van der Waals surface area contributed by atoms with Gasteiger partial charge in [0.15, 0.2) is 0 Å². The van der Waals surface area contributed by atoms with Gasteiger partial charge in [0.05, 0.1) is 11.7 Å². The molecule has 0 radical (unpaired) electrons. The highest BCUT2D eigenvalue weighted by atomic mass is 79.9. The van der Waals surface area contributed by atoms with Crippen LogP contribution in [0.25, 0.3) is 0 Å². The van der Waals surface area contributed by atoms with Crippen molar-refractivity contribution in [1.82, 2.24) is 9.21 Å². The third kappa shape index (κ3) is 3.39. The van der Waals surface area contributed by atoms with E-state index in [1.165, 1.54) is 10.6 Å². The number of sulfonamides is 1. The lowest BCUT2D eigenvalue weighted by Gasteiger charge is -2.37. The molecular weight excluding hydrogens is 392 g/mol. The number of amides is 1. The van der Waals surface area contributed by atoms with Gasteiger partial charge >= 0.3 is 0 Å². The van der Waals surface area contributed by atoms with Crippen molar-refractivity contribution in [2.75, 3.05) is 26.4 Å². The number of nitrogens with zero attached hydrogens (tertiary/aromatic N) is 2. The van der Waals surface area contributed by atoms with Crippen molar-refractivity contribution in [3.8, 4) is 0 Å². The summed E-state index contributed by atoms with van der Waals surface area (Å²) in [6.45, 7) is 1.25. The van der Waals surface area contributed by atoms with Crippen molar-refractivity contribution in [2.24, 2.45) is 0 Å². The van der Waals surface area contributed by atoms with E-state index in [2.05, 4.69) is 15.9 Å². The molecule has 5 nitrogen and oxygen atoms in total. The molecule has 1 aromatic carbocycles. The molecule has 0 aromatic heterocycles. The number of hydrogen-bond acceptors (Lipinski definition) is 3. The molecule has 0 unspecified atom stereocenters. The van der Waals surface area contributed by atoms with Gasteiger partial charge in [-0.2, -0.15) is 0 Å². The Bertz CT molecular complexity index is 738. The molecule has 0 atom stereocenters. The predicted molar refractivity (Wildman–Crippen MR) is 97.3 cm³/mol. The fourth-order valence-electron chi connectivity index (χ4n) is 3.54. The van der Waals surface area contributed by atoms with E-state index >= 15 is 0 Å². The summed E-state index contributed by atoms with van der Waals surface area (Å²) in [6.07, 6.45) is 4.42. The minimum absolute atomic E-state index is 0.00919. The zero-order chi connectivity index (χ0) is 17.5. The van der Waals surface area contributed by atoms with Crippen LogP contribution in [-0.2, 0) is 20.2 Å². The third-order valence-electron chi connectivity index (χ3n) is 5.33. The van der Waals surface area contributed by atoms with Crippen LogP contribution in [0.2, 0.25) is 0 Å². The molecule has 7 heteroatoms. The number of likely N-dealkylation sites (tertiary alicyclic amines) is 1. The van der Waals surface area contributed by atoms with E-state index in [9.17, 15) is 13.2 Å². The molecule has 132 valence electrons. The van der Waals surface area contributed by atoms with Gasteiger partial charge in [0.25, 0.3) is 0 Å². The van der Waals surface area contributed by atoms with E-state index in [0.717, 1.165) is 22.9 Å². The monoisotopic (exact) mass is 414 g/mol. The highest BCUT2D eigenvalue weighted by Gasteiger charge is 2.53. The molecule has 1 saturated heterocycles. The van der Waals surface area contributed by atoms with Crippen molar-refractivity contribution < 1.29 is 13.2 Å². The van der Waals surface area contributed by atoms with E-state index < -0.39 is 10.0 Å². The van der Waals surface area contributed by atoms with Gasteiger partial charge in [-0.1, -0.05) is 28.1 Å². The van der Waals surface area contributed by atoms with Crippen LogP contribution >= 0.6 is 15.9 Å². The number of halogens is 1. The number of carbonyl (C=O) groups is 1. The fraction of sp³-hybridized carbons (Fsp3) is 0.588. The van der Waals surface area contributed by atoms with E-state index in [0.29, 0.717) is 25.9 Å². The predicted octanol–water partition coefficient (Wildman–Crippen LogP) is 2.36. The molecule has 1 aliphatic heterocycles. The topological polar surface area (TPSA) is 57.7 Å². The second kappa shape index (κ2) is 6.42. The first-order valence-electron chi connectivity index (χ1n) is 8.22. The Morgan fingerprint density at radius 1 is 1.29 bits per heavy atom. The summed E-state index contributed by atoms with van der Waals surface area (Å²) in [7, 11) is -1.55. The minimum atomic E-state index is -3.18. The Balaban J connectivity index is 1.68. The quantitative estimate of drug-likeness (QED) is 0.759. The molecule has 1 aliphatic carbocycles. The number of hydrogen-bond donors (Lipinski definition) is 0. The lowest BCUT2D eigenvalue weighted by Crippen LogP contribution is -2.49. The maximum atomic E-state index is 13.0. The molecule has 1 saturated carbocycles. The lowest BCUT2D eigenvalue weighted by atomic mass is 9.93. The summed E-state index contributed by atoms with van der Waals surface area (Å²) in [5.41, 5.74) is 0.719. The standard InChI is InChI=1S/C17H23BrN2O3S/c1-19(24(2,22)23)15-6-10-20(11-7-15)16(21)17(8-9-17)13-4-3-5-14(18)12-13/h3-5,12,15H,6-11H2,1-2H3. The second-order valence-corrected chi connectivity index (χ2v) is 9.85. The van der Waals surface area contributed by atoms with Gasteiger partial charge in [-0.3, -0.25) is 4.79 Å². The van der Waals surface area contributed by atoms with Crippen molar-refractivity contribution in [3.05, 3.63) is 34.3 Å². The number of carbonyl (C=O) groups excluding carboxylic acids is 1. The van der Waals surface area contributed by atoms with Gasteiger partial charge in [-0.15, -0.1) is 0 Å². The normalized spacial score (nSPS) is 21.1. The first-order valence-corrected chi connectivity index (χ1v) is 10.9. The van der Waals surface area contributed by atoms with Crippen LogP contribution in [0.5, 0.6) is 0 Å². The Kier molecular flexibility index (Phi) is 4.79. The maximum Gasteiger partial charge on any atom is 0.233 e. The summed E-state index contributed by atoms with van der Waals surface area (Å²) < 4.78 is 25.8. The van der Waals surface area contributed by atoms with Gasteiger partial charge in [0, 0.05) is 30.7 Å². The van der Waals surface area contributed by atoms with Crippen LogP contribution in [0.4, 0.5) is 0 Å². The summed E-state index contributed by atoms with van der Waals surface area (Å²) in [4.78, 5) is 15.0. The number of rotatable bonds is 4. The first kappa shape index (κ1) is 17.9. The molecule has 1 aromatic rings. The van der Waals surface area contributed by atoms with Crippen LogP contribution in [0, 0.1) is 0 Å².